The fourth-order valence-electron chi connectivity index (χ4n) is 0.656. The van der Waals surface area contributed by atoms with Crippen molar-refractivity contribution in [3.63, 3.8) is 0 Å². The summed E-state index contributed by atoms with van der Waals surface area (Å²) in [6.45, 7) is 1.90. The summed E-state index contributed by atoms with van der Waals surface area (Å²) >= 11 is 0. The average molecular weight is 143 g/mol. The van der Waals surface area contributed by atoms with Crippen LogP contribution in [0, 0.1) is 5.92 Å². The van der Waals surface area contributed by atoms with Gasteiger partial charge in [0.25, 0.3) is 0 Å². The highest BCUT2D eigenvalue weighted by Gasteiger charge is 2.17. The van der Waals surface area contributed by atoms with Crippen molar-refractivity contribution in [1.82, 2.24) is 0 Å². The van der Waals surface area contributed by atoms with Crippen LogP contribution in [0.15, 0.2) is 0 Å². The van der Waals surface area contributed by atoms with Crippen molar-refractivity contribution in [2.45, 2.75) is 19.8 Å². The third-order valence-electron chi connectivity index (χ3n) is 1.21. The van der Waals surface area contributed by atoms with Gasteiger partial charge >= 0.3 is 5.97 Å². The summed E-state index contributed by atoms with van der Waals surface area (Å²) in [5, 5.41) is 0. The molecule has 0 N–H and O–H groups in total. The second-order valence-electron chi connectivity index (χ2n) is 1.98. The Labute approximate surface area is 60.4 Å². The number of carbonyl (C=O) groups excluding carboxylic acids is 2. The number of methoxy groups -OCH3 is 1. The predicted molar refractivity (Wildman–Crippen MR) is 36.1 cm³/mol. The number of esters is 1. The van der Waals surface area contributed by atoms with E-state index >= 15 is 0 Å². The molecule has 0 aromatic carbocycles. The van der Waals surface area contributed by atoms with Crippen LogP contribution in [0.5, 0.6) is 0 Å². The summed E-state index contributed by atoms with van der Waals surface area (Å²) in [7, 11) is 1.27. The molecule has 0 spiro atoms. The standard InChI is InChI=1S/C7H11O3/c1-3-4-6(5-8)7(9)10-2/h6H,3-4H2,1-2H3. The van der Waals surface area contributed by atoms with Gasteiger partial charge in [0, 0.05) is 0 Å². The minimum absolute atomic E-state index is 0.489. The maximum Gasteiger partial charge on any atom is 0.316 e. The molecule has 1 unspecified atom stereocenters. The van der Waals surface area contributed by atoms with Crippen LogP contribution < -0.4 is 0 Å². The van der Waals surface area contributed by atoms with Gasteiger partial charge in [-0.05, 0) is 6.42 Å². The summed E-state index contributed by atoms with van der Waals surface area (Å²) in [6.07, 6.45) is 2.94. The molecule has 0 saturated carbocycles. The lowest BCUT2D eigenvalue weighted by atomic mass is 10.1. The molecule has 0 rings (SSSR count). The minimum Gasteiger partial charge on any atom is -0.468 e. The number of hydrogen-bond donors (Lipinski definition) is 0. The zero-order valence-electron chi connectivity index (χ0n) is 6.22. The van der Waals surface area contributed by atoms with Gasteiger partial charge in [0.15, 0.2) is 0 Å². The fraction of sp³-hybridized carbons (Fsp3) is 0.714. The highest BCUT2D eigenvalue weighted by atomic mass is 16.5. The third-order valence-corrected chi connectivity index (χ3v) is 1.21. The van der Waals surface area contributed by atoms with E-state index in [1.54, 1.807) is 6.29 Å². The lowest BCUT2D eigenvalue weighted by Crippen LogP contribution is -2.16. The molecule has 0 aromatic rings. The lowest BCUT2D eigenvalue weighted by Gasteiger charge is -2.03. The van der Waals surface area contributed by atoms with Gasteiger partial charge in [-0.25, -0.2) is 0 Å². The van der Waals surface area contributed by atoms with Crippen molar-refractivity contribution in [2.24, 2.45) is 5.92 Å². The van der Waals surface area contributed by atoms with E-state index in [1.807, 2.05) is 6.92 Å². The molecule has 1 atom stereocenters. The van der Waals surface area contributed by atoms with Gasteiger partial charge in [0.1, 0.15) is 5.92 Å². The summed E-state index contributed by atoms with van der Waals surface area (Å²) in [5.74, 6) is -1.17. The smallest absolute Gasteiger partial charge is 0.316 e. The van der Waals surface area contributed by atoms with Gasteiger partial charge in [-0.15, -0.1) is 0 Å². The van der Waals surface area contributed by atoms with Crippen LogP contribution in [-0.2, 0) is 14.3 Å². The van der Waals surface area contributed by atoms with E-state index in [1.165, 1.54) is 7.11 Å². The zero-order chi connectivity index (χ0) is 7.98. The van der Waals surface area contributed by atoms with Crippen LogP contribution >= 0.6 is 0 Å². The van der Waals surface area contributed by atoms with Crippen molar-refractivity contribution in [2.75, 3.05) is 7.11 Å². The van der Waals surface area contributed by atoms with Gasteiger partial charge in [-0.2, -0.15) is 0 Å². The van der Waals surface area contributed by atoms with Crippen LogP contribution in [0.1, 0.15) is 19.8 Å². The normalized spacial score (nSPS) is 12.2. The van der Waals surface area contributed by atoms with Gasteiger partial charge in [0.2, 0.25) is 6.29 Å². The third kappa shape index (κ3) is 2.62. The van der Waals surface area contributed by atoms with Crippen LogP contribution in [0.25, 0.3) is 0 Å². The number of rotatable bonds is 4. The minimum atomic E-state index is -0.685. The van der Waals surface area contributed by atoms with Crippen molar-refractivity contribution < 1.29 is 14.3 Å². The second-order valence-corrected chi connectivity index (χ2v) is 1.98. The molecular formula is C7H11O3. The van der Waals surface area contributed by atoms with Crippen molar-refractivity contribution in [3.8, 4) is 0 Å². The average Bonchev–Trinajstić information content (AvgIpc) is 1.99. The topological polar surface area (TPSA) is 43.4 Å². The van der Waals surface area contributed by atoms with E-state index in [0.717, 1.165) is 6.42 Å². The molecule has 0 heterocycles. The molecule has 0 aromatic heterocycles. The SMILES string of the molecule is CCCC([C]=O)C(=O)OC. The first-order valence-corrected chi connectivity index (χ1v) is 3.21. The van der Waals surface area contributed by atoms with Crippen molar-refractivity contribution >= 4 is 12.3 Å². The Morgan fingerprint density at radius 1 is 1.70 bits per heavy atom. The molecule has 0 saturated heterocycles. The number of hydrogen-bond acceptors (Lipinski definition) is 3. The lowest BCUT2D eigenvalue weighted by molar-refractivity contribution is -0.143. The molecule has 0 amide bonds. The molecule has 0 aliphatic heterocycles. The summed E-state index contributed by atoms with van der Waals surface area (Å²) in [6, 6.07) is 0. The maximum atomic E-state index is 10.6. The Balaban J connectivity index is 3.80. The molecule has 57 valence electrons. The molecular weight excluding hydrogens is 132 g/mol. The molecule has 0 aliphatic rings. The van der Waals surface area contributed by atoms with E-state index in [-0.39, 0.29) is 0 Å². The Morgan fingerprint density at radius 2 is 2.30 bits per heavy atom. The summed E-state index contributed by atoms with van der Waals surface area (Å²) in [4.78, 5) is 20.7. The van der Waals surface area contributed by atoms with Gasteiger partial charge < -0.3 is 4.74 Å². The number of ether oxygens (including phenoxy) is 1. The van der Waals surface area contributed by atoms with E-state index in [4.69, 9.17) is 0 Å². The fourth-order valence-corrected chi connectivity index (χ4v) is 0.656. The van der Waals surface area contributed by atoms with Gasteiger partial charge in [0.05, 0.1) is 7.11 Å². The van der Waals surface area contributed by atoms with Crippen LogP contribution in [0.4, 0.5) is 0 Å². The van der Waals surface area contributed by atoms with Gasteiger partial charge in [-0.1, -0.05) is 13.3 Å². The molecule has 0 aliphatic carbocycles. The predicted octanol–water partition coefficient (Wildman–Crippen LogP) is 0.685. The van der Waals surface area contributed by atoms with E-state index in [9.17, 15) is 9.59 Å². The van der Waals surface area contributed by atoms with E-state index in [0.29, 0.717) is 6.42 Å². The Bertz CT molecular complexity index is 120. The first-order chi connectivity index (χ1) is 4.76. The first kappa shape index (κ1) is 9.14. The highest BCUT2D eigenvalue weighted by molar-refractivity contribution is 5.87. The van der Waals surface area contributed by atoms with Crippen LogP contribution in [-0.4, -0.2) is 19.4 Å². The molecule has 3 heteroatoms. The molecule has 10 heavy (non-hydrogen) atoms. The quantitative estimate of drug-likeness (QED) is 0.429. The molecule has 1 radical (unpaired) electrons. The molecule has 3 nitrogen and oxygen atoms in total. The first-order valence-electron chi connectivity index (χ1n) is 3.21. The van der Waals surface area contributed by atoms with E-state index in [2.05, 4.69) is 4.74 Å². The number of carbonyl (C=O) groups is 1. The Morgan fingerprint density at radius 3 is 2.60 bits per heavy atom. The van der Waals surface area contributed by atoms with Crippen LogP contribution in [0.3, 0.4) is 0 Å². The summed E-state index contributed by atoms with van der Waals surface area (Å²) < 4.78 is 4.35. The molecule has 0 bridgehead atoms. The monoisotopic (exact) mass is 143 g/mol. The van der Waals surface area contributed by atoms with Crippen molar-refractivity contribution in [3.05, 3.63) is 0 Å². The second kappa shape index (κ2) is 4.97. The van der Waals surface area contributed by atoms with Crippen molar-refractivity contribution in [1.29, 1.82) is 0 Å². The van der Waals surface area contributed by atoms with E-state index < -0.39 is 11.9 Å². The Hall–Kier alpha value is -0.860. The largest absolute Gasteiger partial charge is 0.468 e. The highest BCUT2D eigenvalue weighted by Crippen LogP contribution is 2.03. The zero-order valence-corrected chi connectivity index (χ0v) is 6.22. The van der Waals surface area contributed by atoms with Gasteiger partial charge in [-0.3, -0.25) is 9.59 Å². The summed E-state index contributed by atoms with van der Waals surface area (Å²) in [5.41, 5.74) is 0. The molecule has 0 fully saturated rings. The maximum absolute atomic E-state index is 10.6. The van der Waals surface area contributed by atoms with Crippen LogP contribution in [0.2, 0.25) is 0 Å². The Kier molecular flexibility index (Phi) is 4.54.